The number of hydrogen-bond donors (Lipinski definition) is 1. The van der Waals surface area contributed by atoms with E-state index in [9.17, 15) is 4.79 Å². The van der Waals surface area contributed by atoms with Crippen molar-refractivity contribution in [2.75, 3.05) is 18.4 Å². The first kappa shape index (κ1) is 14.1. The van der Waals surface area contributed by atoms with Crippen molar-refractivity contribution in [2.45, 2.75) is 26.8 Å². The van der Waals surface area contributed by atoms with Crippen LogP contribution in [-0.2, 0) is 13.0 Å². The SMILES string of the molecule is CCNc1cc(C)ccc1C(=O)N1CCc2sccc2C1. The van der Waals surface area contributed by atoms with E-state index >= 15 is 0 Å². The zero-order valence-corrected chi connectivity index (χ0v) is 13.3. The van der Waals surface area contributed by atoms with Crippen LogP contribution in [0.25, 0.3) is 0 Å². The highest BCUT2D eigenvalue weighted by atomic mass is 32.1. The molecular weight excluding hydrogens is 280 g/mol. The number of hydrogen-bond acceptors (Lipinski definition) is 3. The van der Waals surface area contributed by atoms with Gasteiger partial charge in [0, 0.05) is 30.2 Å². The van der Waals surface area contributed by atoms with E-state index in [2.05, 4.69) is 29.8 Å². The molecule has 2 heterocycles. The van der Waals surface area contributed by atoms with Crippen LogP contribution in [0.1, 0.15) is 33.3 Å². The molecule has 0 saturated heterocycles. The lowest BCUT2D eigenvalue weighted by molar-refractivity contribution is 0.0737. The molecular formula is C17H20N2OS. The zero-order valence-electron chi connectivity index (χ0n) is 12.5. The minimum atomic E-state index is 0.128. The van der Waals surface area contributed by atoms with Crippen LogP contribution in [-0.4, -0.2) is 23.9 Å². The number of carbonyl (C=O) groups is 1. The molecule has 4 heteroatoms. The van der Waals surface area contributed by atoms with Gasteiger partial charge in [-0.1, -0.05) is 6.07 Å². The fourth-order valence-electron chi connectivity index (χ4n) is 2.77. The molecule has 3 nitrogen and oxygen atoms in total. The van der Waals surface area contributed by atoms with Crippen LogP contribution in [0.4, 0.5) is 5.69 Å². The normalized spacial score (nSPS) is 13.9. The van der Waals surface area contributed by atoms with Gasteiger partial charge in [-0.25, -0.2) is 0 Å². The zero-order chi connectivity index (χ0) is 14.8. The Morgan fingerprint density at radius 3 is 3.05 bits per heavy atom. The summed E-state index contributed by atoms with van der Waals surface area (Å²) in [6, 6.07) is 8.14. The molecule has 0 atom stereocenters. The molecule has 21 heavy (non-hydrogen) atoms. The fourth-order valence-corrected chi connectivity index (χ4v) is 3.66. The van der Waals surface area contributed by atoms with Crippen LogP contribution in [0.3, 0.4) is 0 Å². The summed E-state index contributed by atoms with van der Waals surface area (Å²) in [4.78, 5) is 16.2. The number of thiophene rings is 1. The first-order valence-electron chi connectivity index (χ1n) is 7.38. The molecule has 0 fully saturated rings. The average molecular weight is 300 g/mol. The minimum Gasteiger partial charge on any atom is -0.385 e. The quantitative estimate of drug-likeness (QED) is 0.937. The summed E-state index contributed by atoms with van der Waals surface area (Å²) in [7, 11) is 0. The molecule has 0 aliphatic carbocycles. The molecule has 0 radical (unpaired) electrons. The molecule has 1 aromatic heterocycles. The Balaban J connectivity index is 1.86. The van der Waals surface area contributed by atoms with Gasteiger partial charge in [-0.05, 0) is 55.0 Å². The number of benzene rings is 1. The second kappa shape index (κ2) is 5.90. The Bertz CT molecular complexity index is 663. The predicted octanol–water partition coefficient (Wildman–Crippen LogP) is 3.69. The molecule has 0 spiro atoms. The van der Waals surface area contributed by atoms with Gasteiger partial charge in [0.1, 0.15) is 0 Å². The number of anilines is 1. The standard InChI is InChI=1S/C17H20N2OS/c1-3-18-15-10-12(2)4-5-14(15)17(20)19-8-6-16-13(11-19)7-9-21-16/h4-5,7,9-10,18H,3,6,8,11H2,1-2H3. The highest BCUT2D eigenvalue weighted by molar-refractivity contribution is 7.10. The molecule has 1 N–H and O–H groups in total. The molecule has 1 aliphatic heterocycles. The van der Waals surface area contributed by atoms with Crippen molar-refractivity contribution >= 4 is 22.9 Å². The first-order valence-corrected chi connectivity index (χ1v) is 8.26. The van der Waals surface area contributed by atoms with Crippen LogP contribution >= 0.6 is 11.3 Å². The second-order valence-corrected chi connectivity index (χ2v) is 6.43. The summed E-state index contributed by atoms with van der Waals surface area (Å²) in [6.45, 7) is 6.46. The van der Waals surface area contributed by atoms with Gasteiger partial charge in [0.15, 0.2) is 0 Å². The number of rotatable bonds is 3. The molecule has 1 aliphatic rings. The Morgan fingerprint density at radius 1 is 1.38 bits per heavy atom. The van der Waals surface area contributed by atoms with Crippen LogP contribution < -0.4 is 5.32 Å². The van der Waals surface area contributed by atoms with E-state index in [0.717, 1.165) is 37.3 Å². The molecule has 1 aromatic carbocycles. The molecule has 2 aromatic rings. The molecule has 1 amide bonds. The van der Waals surface area contributed by atoms with E-state index in [1.54, 1.807) is 11.3 Å². The monoisotopic (exact) mass is 300 g/mol. The predicted molar refractivity (Wildman–Crippen MR) is 88.1 cm³/mol. The van der Waals surface area contributed by atoms with E-state index in [0.29, 0.717) is 0 Å². The van der Waals surface area contributed by atoms with Crippen molar-refractivity contribution in [3.05, 3.63) is 51.2 Å². The third-order valence-corrected chi connectivity index (χ3v) is 4.89. The molecule has 3 rings (SSSR count). The maximum Gasteiger partial charge on any atom is 0.256 e. The van der Waals surface area contributed by atoms with Gasteiger partial charge in [0.2, 0.25) is 0 Å². The van der Waals surface area contributed by atoms with E-state index < -0.39 is 0 Å². The van der Waals surface area contributed by atoms with E-state index in [1.807, 2.05) is 24.0 Å². The highest BCUT2D eigenvalue weighted by Gasteiger charge is 2.24. The number of aryl methyl sites for hydroxylation is 1. The van der Waals surface area contributed by atoms with E-state index in [1.165, 1.54) is 16.0 Å². The lowest BCUT2D eigenvalue weighted by atomic mass is 10.1. The Morgan fingerprint density at radius 2 is 2.24 bits per heavy atom. The van der Waals surface area contributed by atoms with Gasteiger partial charge in [0.25, 0.3) is 5.91 Å². The third kappa shape index (κ3) is 2.81. The highest BCUT2D eigenvalue weighted by Crippen LogP contribution is 2.27. The Labute approximate surface area is 129 Å². The molecule has 0 unspecified atom stereocenters. The van der Waals surface area contributed by atoms with Crippen molar-refractivity contribution in [1.82, 2.24) is 4.90 Å². The van der Waals surface area contributed by atoms with Gasteiger partial charge in [-0.2, -0.15) is 0 Å². The summed E-state index contributed by atoms with van der Waals surface area (Å²) < 4.78 is 0. The van der Waals surface area contributed by atoms with E-state index in [-0.39, 0.29) is 5.91 Å². The van der Waals surface area contributed by atoms with Gasteiger partial charge in [-0.15, -0.1) is 11.3 Å². The summed E-state index contributed by atoms with van der Waals surface area (Å²) in [5.74, 6) is 0.128. The van der Waals surface area contributed by atoms with Crippen molar-refractivity contribution in [2.24, 2.45) is 0 Å². The maximum atomic E-state index is 12.8. The van der Waals surface area contributed by atoms with Crippen LogP contribution in [0.5, 0.6) is 0 Å². The average Bonchev–Trinajstić information content (AvgIpc) is 2.94. The number of nitrogens with one attached hydrogen (secondary N) is 1. The molecule has 0 bridgehead atoms. The fraction of sp³-hybridized carbons (Fsp3) is 0.353. The van der Waals surface area contributed by atoms with Crippen molar-refractivity contribution < 1.29 is 4.79 Å². The third-order valence-electron chi connectivity index (χ3n) is 3.87. The number of nitrogens with zero attached hydrogens (tertiary/aromatic N) is 1. The van der Waals surface area contributed by atoms with Crippen LogP contribution in [0.2, 0.25) is 0 Å². The number of amides is 1. The van der Waals surface area contributed by atoms with Crippen LogP contribution in [0, 0.1) is 6.92 Å². The van der Waals surface area contributed by atoms with Crippen LogP contribution in [0.15, 0.2) is 29.6 Å². The first-order chi connectivity index (χ1) is 10.2. The Hall–Kier alpha value is -1.81. The lowest BCUT2D eigenvalue weighted by Gasteiger charge is -2.28. The molecule has 110 valence electrons. The van der Waals surface area contributed by atoms with Crippen molar-refractivity contribution in [3.8, 4) is 0 Å². The smallest absolute Gasteiger partial charge is 0.256 e. The summed E-state index contributed by atoms with van der Waals surface area (Å²) >= 11 is 1.80. The van der Waals surface area contributed by atoms with E-state index in [4.69, 9.17) is 0 Å². The van der Waals surface area contributed by atoms with Gasteiger partial charge in [0.05, 0.1) is 5.56 Å². The topological polar surface area (TPSA) is 32.3 Å². The summed E-state index contributed by atoms with van der Waals surface area (Å²) in [5, 5.41) is 5.43. The number of fused-ring (bicyclic) bond motifs is 1. The largest absolute Gasteiger partial charge is 0.385 e. The Kier molecular flexibility index (Phi) is 3.97. The van der Waals surface area contributed by atoms with Gasteiger partial charge in [-0.3, -0.25) is 4.79 Å². The lowest BCUT2D eigenvalue weighted by Crippen LogP contribution is -2.35. The van der Waals surface area contributed by atoms with Gasteiger partial charge < -0.3 is 10.2 Å². The number of carbonyl (C=O) groups excluding carboxylic acids is 1. The maximum absolute atomic E-state index is 12.8. The molecule has 0 saturated carbocycles. The van der Waals surface area contributed by atoms with Gasteiger partial charge >= 0.3 is 0 Å². The van der Waals surface area contributed by atoms with Crippen molar-refractivity contribution in [1.29, 1.82) is 0 Å². The minimum absolute atomic E-state index is 0.128. The summed E-state index contributed by atoms with van der Waals surface area (Å²) in [5.41, 5.74) is 4.19. The second-order valence-electron chi connectivity index (χ2n) is 5.43. The van der Waals surface area contributed by atoms with Crippen molar-refractivity contribution in [3.63, 3.8) is 0 Å². The summed E-state index contributed by atoms with van der Waals surface area (Å²) in [6.07, 6.45) is 0.973.